The summed E-state index contributed by atoms with van der Waals surface area (Å²) in [6.45, 7) is 6.38. The van der Waals surface area contributed by atoms with Crippen LogP contribution in [0, 0.1) is 13.8 Å². The van der Waals surface area contributed by atoms with Gasteiger partial charge in [-0.1, -0.05) is 5.16 Å². The quantitative estimate of drug-likeness (QED) is 0.838. The molecule has 122 valence electrons. The zero-order valence-corrected chi connectivity index (χ0v) is 14.0. The second kappa shape index (κ2) is 5.04. The lowest BCUT2D eigenvalue weighted by molar-refractivity contribution is 0.238. The Morgan fingerprint density at radius 2 is 1.86 bits per heavy atom. The number of fused-ring (bicyclic) bond motifs is 1. The third-order valence-electron chi connectivity index (χ3n) is 5.46. The second-order valence-electron chi connectivity index (χ2n) is 6.84. The molecule has 1 aromatic heterocycles. The van der Waals surface area contributed by atoms with Gasteiger partial charge < -0.3 is 4.52 Å². The summed E-state index contributed by atoms with van der Waals surface area (Å²) in [4.78, 5) is 2.42. The highest BCUT2D eigenvalue weighted by Crippen LogP contribution is 2.40. The normalized spacial score (nSPS) is 30.1. The molecule has 0 unspecified atom stereocenters. The average Bonchev–Trinajstić information content (AvgIpc) is 3.04. The van der Waals surface area contributed by atoms with Crippen LogP contribution in [0.15, 0.2) is 4.52 Å². The third-order valence-corrected chi connectivity index (χ3v) is 7.88. The molecule has 3 fully saturated rings. The molecule has 1 aliphatic carbocycles. The van der Waals surface area contributed by atoms with Gasteiger partial charge in [0.25, 0.3) is 0 Å². The number of sulfonamides is 1. The Hall–Kier alpha value is -0.920. The van der Waals surface area contributed by atoms with E-state index in [9.17, 15) is 8.42 Å². The summed E-state index contributed by atoms with van der Waals surface area (Å²) < 4.78 is 32.2. The van der Waals surface area contributed by atoms with Crippen molar-refractivity contribution in [3.8, 4) is 0 Å². The van der Waals surface area contributed by atoms with Crippen LogP contribution < -0.4 is 0 Å². The number of aromatic nitrogens is 1. The van der Waals surface area contributed by atoms with Crippen LogP contribution in [-0.2, 0) is 16.6 Å². The highest BCUT2D eigenvalue weighted by atomic mass is 32.2. The molecular weight excluding hydrogens is 302 g/mol. The van der Waals surface area contributed by atoms with Gasteiger partial charge >= 0.3 is 0 Å². The van der Waals surface area contributed by atoms with Gasteiger partial charge in [0.15, 0.2) is 0 Å². The number of likely N-dealkylation sites (tertiary alicyclic amines) is 1. The SMILES string of the molecule is Cc1noc(C)c1CN1CC[C@H]2[C@H]1CCN2S(=O)(=O)C1CC1. The van der Waals surface area contributed by atoms with Gasteiger partial charge in [0, 0.05) is 37.3 Å². The predicted octanol–water partition coefficient (Wildman–Crippen LogP) is 1.43. The van der Waals surface area contributed by atoms with E-state index in [2.05, 4.69) is 10.1 Å². The molecule has 2 atom stereocenters. The minimum absolute atomic E-state index is 0.0946. The molecule has 0 amide bonds. The Balaban J connectivity index is 1.51. The summed E-state index contributed by atoms with van der Waals surface area (Å²) in [6.07, 6.45) is 3.58. The fraction of sp³-hybridized carbons (Fsp3) is 0.800. The van der Waals surface area contributed by atoms with E-state index in [1.807, 2.05) is 18.2 Å². The molecule has 22 heavy (non-hydrogen) atoms. The van der Waals surface area contributed by atoms with Gasteiger partial charge in [-0.2, -0.15) is 4.31 Å². The molecule has 0 radical (unpaired) electrons. The Morgan fingerprint density at radius 3 is 2.50 bits per heavy atom. The van der Waals surface area contributed by atoms with Gasteiger partial charge in [-0.05, 0) is 39.5 Å². The molecule has 4 rings (SSSR count). The first-order valence-corrected chi connectivity index (χ1v) is 9.65. The molecular formula is C15H23N3O3S. The van der Waals surface area contributed by atoms with Crippen LogP contribution in [0.1, 0.15) is 42.7 Å². The van der Waals surface area contributed by atoms with Gasteiger partial charge in [-0.25, -0.2) is 8.42 Å². The molecule has 1 aromatic rings. The first kappa shape index (κ1) is 14.7. The number of aryl methyl sites for hydroxylation is 2. The summed E-state index contributed by atoms with van der Waals surface area (Å²) in [7, 11) is -3.05. The summed E-state index contributed by atoms with van der Waals surface area (Å²) in [5, 5.41) is 3.93. The van der Waals surface area contributed by atoms with Crippen molar-refractivity contribution >= 4 is 10.0 Å². The molecule has 0 aromatic carbocycles. The van der Waals surface area contributed by atoms with Crippen LogP contribution in [0.2, 0.25) is 0 Å². The molecule has 2 aliphatic heterocycles. The van der Waals surface area contributed by atoms with E-state index in [0.717, 1.165) is 55.8 Å². The zero-order valence-electron chi connectivity index (χ0n) is 13.2. The summed E-state index contributed by atoms with van der Waals surface area (Å²) in [5.41, 5.74) is 2.10. The van der Waals surface area contributed by atoms with Crippen molar-refractivity contribution < 1.29 is 12.9 Å². The van der Waals surface area contributed by atoms with E-state index in [1.54, 1.807) is 0 Å². The first-order chi connectivity index (χ1) is 10.5. The standard InChI is InChI=1S/C15H23N3O3S/c1-10-13(11(2)21-16-10)9-17-7-5-15-14(17)6-8-18(15)22(19,20)12-3-4-12/h12,14-15H,3-9H2,1-2H3/t14-,15+/m1/s1. The highest BCUT2D eigenvalue weighted by Gasteiger charge is 2.51. The number of hydrogen-bond acceptors (Lipinski definition) is 5. The van der Waals surface area contributed by atoms with E-state index >= 15 is 0 Å². The maximum absolute atomic E-state index is 12.6. The Labute approximate surface area is 131 Å². The molecule has 6 nitrogen and oxygen atoms in total. The average molecular weight is 325 g/mol. The lowest BCUT2D eigenvalue weighted by atomic mass is 10.1. The lowest BCUT2D eigenvalue weighted by Gasteiger charge is -2.25. The molecule has 3 heterocycles. The molecule has 0 spiro atoms. The third kappa shape index (κ3) is 2.21. The monoisotopic (exact) mass is 325 g/mol. The lowest BCUT2D eigenvalue weighted by Crippen LogP contribution is -2.41. The smallest absolute Gasteiger partial charge is 0.217 e. The van der Waals surface area contributed by atoms with Crippen molar-refractivity contribution in [2.45, 2.75) is 63.4 Å². The minimum atomic E-state index is -3.05. The fourth-order valence-corrected chi connectivity index (χ4v) is 6.13. The van der Waals surface area contributed by atoms with Crippen molar-refractivity contribution in [1.29, 1.82) is 0 Å². The van der Waals surface area contributed by atoms with Crippen molar-refractivity contribution in [2.24, 2.45) is 0 Å². The Kier molecular flexibility index (Phi) is 3.36. The Bertz CT molecular complexity index is 661. The molecule has 0 bridgehead atoms. The van der Waals surface area contributed by atoms with Crippen molar-refractivity contribution in [3.05, 3.63) is 17.0 Å². The zero-order chi connectivity index (χ0) is 15.5. The fourth-order valence-electron chi connectivity index (χ4n) is 4.04. The molecule has 2 saturated heterocycles. The Morgan fingerprint density at radius 1 is 1.14 bits per heavy atom. The largest absolute Gasteiger partial charge is 0.361 e. The maximum atomic E-state index is 12.6. The van der Waals surface area contributed by atoms with Gasteiger partial charge in [-0.3, -0.25) is 4.90 Å². The van der Waals surface area contributed by atoms with E-state index in [4.69, 9.17) is 4.52 Å². The van der Waals surface area contributed by atoms with Crippen LogP contribution in [0.4, 0.5) is 0 Å². The first-order valence-electron chi connectivity index (χ1n) is 8.15. The molecule has 1 saturated carbocycles. The van der Waals surface area contributed by atoms with Gasteiger partial charge in [-0.15, -0.1) is 0 Å². The number of hydrogen-bond donors (Lipinski definition) is 0. The van der Waals surface area contributed by atoms with Crippen LogP contribution in [0.3, 0.4) is 0 Å². The van der Waals surface area contributed by atoms with Crippen molar-refractivity contribution in [2.75, 3.05) is 13.1 Å². The summed E-state index contributed by atoms with van der Waals surface area (Å²) in [5.74, 6) is 0.876. The number of nitrogens with zero attached hydrogens (tertiary/aromatic N) is 3. The van der Waals surface area contributed by atoms with Crippen molar-refractivity contribution in [3.63, 3.8) is 0 Å². The van der Waals surface area contributed by atoms with Crippen LogP contribution >= 0.6 is 0 Å². The minimum Gasteiger partial charge on any atom is -0.361 e. The van der Waals surface area contributed by atoms with Gasteiger partial charge in [0.1, 0.15) is 5.76 Å². The van der Waals surface area contributed by atoms with E-state index in [-0.39, 0.29) is 11.3 Å². The van der Waals surface area contributed by atoms with Crippen molar-refractivity contribution in [1.82, 2.24) is 14.4 Å². The van der Waals surface area contributed by atoms with E-state index in [1.165, 1.54) is 0 Å². The topological polar surface area (TPSA) is 66.7 Å². The van der Waals surface area contributed by atoms with E-state index in [0.29, 0.717) is 12.6 Å². The highest BCUT2D eigenvalue weighted by molar-refractivity contribution is 7.90. The van der Waals surface area contributed by atoms with E-state index < -0.39 is 10.0 Å². The predicted molar refractivity (Wildman–Crippen MR) is 81.8 cm³/mol. The molecule has 7 heteroatoms. The van der Waals surface area contributed by atoms with Crippen LogP contribution in [0.5, 0.6) is 0 Å². The van der Waals surface area contributed by atoms with Gasteiger partial charge in [0.05, 0.1) is 10.9 Å². The maximum Gasteiger partial charge on any atom is 0.217 e. The molecule has 0 N–H and O–H groups in total. The summed E-state index contributed by atoms with van der Waals surface area (Å²) >= 11 is 0. The number of rotatable bonds is 4. The second-order valence-corrected chi connectivity index (χ2v) is 9.01. The van der Waals surface area contributed by atoms with Crippen LogP contribution in [0.25, 0.3) is 0 Å². The van der Waals surface area contributed by atoms with Crippen LogP contribution in [-0.4, -0.2) is 53.2 Å². The molecule has 3 aliphatic rings. The van der Waals surface area contributed by atoms with Gasteiger partial charge in [0.2, 0.25) is 10.0 Å². The summed E-state index contributed by atoms with van der Waals surface area (Å²) in [6, 6.07) is 0.522.